The van der Waals surface area contributed by atoms with Crippen LogP contribution in [-0.2, 0) is 10.9 Å². The van der Waals surface area contributed by atoms with E-state index in [1.54, 1.807) is 6.07 Å². The zero-order valence-electron chi connectivity index (χ0n) is 10.9. The third-order valence-electron chi connectivity index (χ3n) is 3.90. The lowest BCUT2D eigenvalue weighted by molar-refractivity contribution is -0.137. The molecule has 4 rings (SSSR count). The lowest BCUT2D eigenvalue weighted by Gasteiger charge is -2.12. The topological polar surface area (TPSA) is 12.5 Å². The largest absolute Gasteiger partial charge is 0.416 e. The highest BCUT2D eigenvalue weighted by atomic mass is 19.4. The highest BCUT2D eigenvalue weighted by Gasteiger charge is 2.32. The molecule has 0 amide bonds. The van der Waals surface area contributed by atoms with Gasteiger partial charge in [-0.1, -0.05) is 30.3 Å². The predicted molar refractivity (Wildman–Crippen MR) is 75.1 cm³/mol. The second-order valence-corrected chi connectivity index (χ2v) is 5.27. The second kappa shape index (κ2) is 4.21. The number of hydrogen-bond donors (Lipinski definition) is 0. The Kier molecular flexibility index (Phi) is 2.54. The summed E-state index contributed by atoms with van der Waals surface area (Å²) >= 11 is 0. The predicted octanol–water partition coefficient (Wildman–Crippen LogP) is 5.08. The molecule has 3 aromatic rings. The fourth-order valence-corrected chi connectivity index (χ4v) is 2.80. The lowest BCUT2D eigenvalue weighted by Crippen LogP contribution is -2.04. The molecule has 1 fully saturated rings. The van der Waals surface area contributed by atoms with Crippen LogP contribution in [0.15, 0.2) is 48.5 Å². The molecule has 1 aliphatic heterocycles. The molecule has 1 saturated heterocycles. The van der Waals surface area contributed by atoms with Gasteiger partial charge in [0.25, 0.3) is 0 Å². The molecule has 1 aliphatic rings. The summed E-state index contributed by atoms with van der Waals surface area (Å²) in [4.78, 5) is 0. The van der Waals surface area contributed by atoms with Gasteiger partial charge in [-0.05, 0) is 45.3 Å². The van der Waals surface area contributed by atoms with Crippen molar-refractivity contribution in [3.63, 3.8) is 0 Å². The third-order valence-corrected chi connectivity index (χ3v) is 3.90. The van der Waals surface area contributed by atoms with Crippen molar-refractivity contribution < 1.29 is 17.9 Å². The van der Waals surface area contributed by atoms with Gasteiger partial charge in [-0.3, -0.25) is 0 Å². The molecular weight excluding hydrogens is 277 g/mol. The monoisotopic (exact) mass is 288 g/mol. The Hall–Kier alpha value is -2.07. The van der Waals surface area contributed by atoms with Crippen LogP contribution in [0.1, 0.15) is 17.2 Å². The average Bonchev–Trinajstić information content (AvgIpc) is 3.29. The molecule has 0 N–H and O–H groups in total. The fourth-order valence-electron chi connectivity index (χ4n) is 2.80. The minimum Gasteiger partial charge on any atom is -0.368 e. The number of benzene rings is 3. The highest BCUT2D eigenvalue weighted by molar-refractivity contribution is 6.09. The first-order chi connectivity index (χ1) is 10.0. The number of hydrogen-bond acceptors (Lipinski definition) is 1. The minimum atomic E-state index is -4.33. The molecule has 0 saturated carbocycles. The van der Waals surface area contributed by atoms with Crippen molar-refractivity contribution >= 4 is 21.5 Å². The van der Waals surface area contributed by atoms with Gasteiger partial charge in [0, 0.05) is 0 Å². The summed E-state index contributed by atoms with van der Waals surface area (Å²) in [6.07, 6.45) is -4.32. The zero-order chi connectivity index (χ0) is 14.6. The van der Waals surface area contributed by atoms with E-state index in [9.17, 15) is 13.2 Å². The Morgan fingerprint density at radius 2 is 1.67 bits per heavy atom. The smallest absolute Gasteiger partial charge is 0.368 e. The maximum absolute atomic E-state index is 13.0. The average molecular weight is 288 g/mol. The number of alkyl halides is 3. The van der Waals surface area contributed by atoms with Crippen LogP contribution >= 0.6 is 0 Å². The Labute approximate surface area is 118 Å². The van der Waals surface area contributed by atoms with Crippen molar-refractivity contribution in [2.75, 3.05) is 6.61 Å². The van der Waals surface area contributed by atoms with Crippen LogP contribution in [-0.4, -0.2) is 6.61 Å². The van der Waals surface area contributed by atoms with Gasteiger partial charge in [-0.2, -0.15) is 13.2 Å². The molecule has 1 atom stereocenters. The summed E-state index contributed by atoms with van der Waals surface area (Å²) < 4.78 is 44.2. The minimum absolute atomic E-state index is 0.00819. The van der Waals surface area contributed by atoms with Crippen LogP contribution in [0.25, 0.3) is 21.5 Å². The number of rotatable bonds is 1. The van der Waals surface area contributed by atoms with E-state index >= 15 is 0 Å². The first kappa shape index (κ1) is 12.7. The van der Waals surface area contributed by atoms with E-state index in [1.807, 2.05) is 30.3 Å². The Balaban J connectivity index is 2.11. The zero-order valence-corrected chi connectivity index (χ0v) is 10.9. The Morgan fingerprint density at radius 1 is 0.905 bits per heavy atom. The number of epoxide rings is 1. The summed E-state index contributed by atoms with van der Waals surface area (Å²) in [7, 11) is 0. The van der Waals surface area contributed by atoms with Crippen molar-refractivity contribution in [3.8, 4) is 0 Å². The Bertz CT molecular complexity index is 848. The first-order valence-electron chi connectivity index (χ1n) is 6.68. The van der Waals surface area contributed by atoms with Gasteiger partial charge in [0.15, 0.2) is 0 Å². The van der Waals surface area contributed by atoms with Crippen molar-refractivity contribution in [3.05, 3.63) is 59.7 Å². The van der Waals surface area contributed by atoms with Crippen molar-refractivity contribution in [1.82, 2.24) is 0 Å². The van der Waals surface area contributed by atoms with Crippen LogP contribution in [0.4, 0.5) is 13.2 Å². The van der Waals surface area contributed by atoms with E-state index in [4.69, 9.17) is 4.74 Å². The highest BCUT2D eigenvalue weighted by Crippen LogP contribution is 2.40. The van der Waals surface area contributed by atoms with Gasteiger partial charge < -0.3 is 4.74 Å². The number of fused-ring (bicyclic) bond motifs is 3. The van der Waals surface area contributed by atoms with E-state index in [0.717, 1.165) is 27.8 Å². The van der Waals surface area contributed by atoms with Crippen LogP contribution in [0.3, 0.4) is 0 Å². The fraction of sp³-hybridized carbons (Fsp3) is 0.176. The van der Waals surface area contributed by atoms with E-state index in [2.05, 4.69) is 0 Å². The quantitative estimate of drug-likeness (QED) is 0.449. The summed E-state index contributed by atoms with van der Waals surface area (Å²) in [5, 5.41) is 3.25. The summed E-state index contributed by atoms with van der Waals surface area (Å²) in [5.74, 6) is 0. The van der Waals surface area contributed by atoms with E-state index in [-0.39, 0.29) is 6.10 Å². The van der Waals surface area contributed by atoms with Crippen LogP contribution in [0.2, 0.25) is 0 Å². The molecule has 0 spiro atoms. The molecule has 0 aliphatic carbocycles. The lowest BCUT2D eigenvalue weighted by atomic mass is 9.94. The molecular formula is C17H11F3O. The van der Waals surface area contributed by atoms with Gasteiger partial charge >= 0.3 is 6.18 Å². The SMILES string of the molecule is FC(F)(F)c1ccc2c([C@@H]3CO3)cc3ccccc3c2c1. The van der Waals surface area contributed by atoms with Crippen molar-refractivity contribution in [1.29, 1.82) is 0 Å². The maximum Gasteiger partial charge on any atom is 0.416 e. The summed E-state index contributed by atoms with van der Waals surface area (Å²) in [5.41, 5.74) is 0.353. The molecule has 0 unspecified atom stereocenters. The molecule has 1 heterocycles. The number of halogens is 3. The van der Waals surface area contributed by atoms with Gasteiger partial charge in [-0.25, -0.2) is 0 Å². The molecule has 0 radical (unpaired) electrons. The van der Waals surface area contributed by atoms with Crippen molar-refractivity contribution in [2.24, 2.45) is 0 Å². The van der Waals surface area contributed by atoms with Gasteiger partial charge in [0.05, 0.1) is 12.2 Å². The van der Waals surface area contributed by atoms with E-state index in [1.165, 1.54) is 6.07 Å². The molecule has 0 aromatic heterocycles. The molecule has 106 valence electrons. The maximum atomic E-state index is 13.0. The van der Waals surface area contributed by atoms with Crippen LogP contribution in [0, 0.1) is 0 Å². The van der Waals surface area contributed by atoms with Crippen molar-refractivity contribution in [2.45, 2.75) is 12.3 Å². The first-order valence-corrected chi connectivity index (χ1v) is 6.68. The Morgan fingerprint density at radius 3 is 2.38 bits per heavy atom. The molecule has 1 nitrogen and oxygen atoms in total. The normalized spacial score (nSPS) is 18.3. The van der Waals surface area contributed by atoms with Crippen LogP contribution in [0.5, 0.6) is 0 Å². The van der Waals surface area contributed by atoms with Gasteiger partial charge in [0.1, 0.15) is 6.10 Å². The third kappa shape index (κ3) is 2.07. The molecule has 3 aromatic carbocycles. The van der Waals surface area contributed by atoms with Crippen LogP contribution < -0.4 is 0 Å². The summed E-state index contributed by atoms with van der Waals surface area (Å²) in [6, 6.07) is 13.5. The van der Waals surface area contributed by atoms with Gasteiger partial charge in [0.2, 0.25) is 0 Å². The standard InChI is InChI=1S/C17H11F3O/c18-17(19,20)11-5-6-13-14(8-11)12-4-2-1-3-10(12)7-15(13)16-9-21-16/h1-8,16H,9H2/t16-/m0/s1. The summed E-state index contributed by atoms with van der Waals surface area (Å²) in [6.45, 7) is 0.633. The van der Waals surface area contributed by atoms with E-state index < -0.39 is 11.7 Å². The molecule has 21 heavy (non-hydrogen) atoms. The second-order valence-electron chi connectivity index (χ2n) is 5.27. The van der Waals surface area contributed by atoms with E-state index in [0.29, 0.717) is 12.0 Å². The molecule has 0 bridgehead atoms. The molecule has 4 heteroatoms. The number of ether oxygens (including phenoxy) is 1. The van der Waals surface area contributed by atoms with Gasteiger partial charge in [-0.15, -0.1) is 0 Å².